The summed E-state index contributed by atoms with van der Waals surface area (Å²) in [4.78, 5) is 11.4. The Morgan fingerprint density at radius 2 is 2.62 bits per heavy atom. The topological polar surface area (TPSA) is 62.1 Å². The van der Waals surface area contributed by atoms with Crippen LogP contribution in [0.5, 0.6) is 0 Å². The average Bonchev–Trinajstić information content (AvgIpc) is 2.61. The van der Waals surface area contributed by atoms with Gasteiger partial charge in [-0.15, -0.1) is 0 Å². The van der Waals surface area contributed by atoms with Gasteiger partial charge in [-0.05, 0) is 12.8 Å². The van der Waals surface area contributed by atoms with Crippen molar-refractivity contribution >= 4 is 5.91 Å². The molecule has 13 heavy (non-hydrogen) atoms. The summed E-state index contributed by atoms with van der Waals surface area (Å²) in [5.74, 6) is 0.121. The monoisotopic (exact) mass is 180 g/mol. The fourth-order valence-electron chi connectivity index (χ4n) is 2.03. The highest BCUT2D eigenvalue weighted by atomic mass is 16.5. The van der Waals surface area contributed by atoms with E-state index in [4.69, 9.17) is 10.00 Å². The van der Waals surface area contributed by atoms with Crippen molar-refractivity contribution in [3.63, 3.8) is 0 Å². The molecule has 0 bridgehead atoms. The predicted octanol–water partition coefficient (Wildman–Crippen LogP) is 0.0528. The van der Waals surface area contributed by atoms with Gasteiger partial charge in [0.15, 0.2) is 0 Å². The summed E-state index contributed by atoms with van der Waals surface area (Å²) in [5, 5.41) is 10.9. The molecule has 1 heterocycles. The first kappa shape index (κ1) is 8.52. The number of carbonyl (C=O) groups excluding carboxylic acids is 1. The molecule has 0 aromatic heterocycles. The number of hydrogen-bond donors (Lipinski definition) is 1. The zero-order valence-corrected chi connectivity index (χ0v) is 7.38. The Balaban J connectivity index is 1.85. The van der Waals surface area contributed by atoms with Crippen molar-refractivity contribution < 1.29 is 9.53 Å². The zero-order chi connectivity index (χ0) is 9.31. The largest absolute Gasteiger partial charge is 0.381 e. The van der Waals surface area contributed by atoms with E-state index in [0.29, 0.717) is 0 Å². The van der Waals surface area contributed by atoms with Gasteiger partial charge in [0.1, 0.15) is 6.54 Å². The van der Waals surface area contributed by atoms with Crippen molar-refractivity contribution in [1.29, 1.82) is 5.26 Å². The lowest BCUT2D eigenvalue weighted by atomic mass is 10.0. The Morgan fingerprint density at radius 3 is 3.23 bits per heavy atom. The van der Waals surface area contributed by atoms with Crippen molar-refractivity contribution in [3.8, 4) is 6.07 Å². The molecule has 2 atom stereocenters. The van der Waals surface area contributed by atoms with Crippen LogP contribution in [0.15, 0.2) is 0 Å². The molecular weight excluding hydrogens is 168 g/mol. The molecular formula is C9H12N2O2. The van der Waals surface area contributed by atoms with Crippen LogP contribution in [0.2, 0.25) is 0 Å². The summed E-state index contributed by atoms with van der Waals surface area (Å²) >= 11 is 0. The SMILES string of the molecule is N#CCNC(=O)C1CC12CCOC2. The van der Waals surface area contributed by atoms with Crippen molar-refractivity contribution in [2.24, 2.45) is 11.3 Å². The molecule has 0 radical (unpaired) electrons. The molecule has 2 unspecified atom stereocenters. The number of carbonyl (C=O) groups is 1. The summed E-state index contributed by atoms with van der Waals surface area (Å²) in [6.45, 7) is 1.62. The lowest BCUT2D eigenvalue weighted by molar-refractivity contribution is -0.122. The quantitative estimate of drug-likeness (QED) is 0.611. The Morgan fingerprint density at radius 1 is 1.77 bits per heavy atom. The normalized spacial score (nSPS) is 35.8. The first-order chi connectivity index (χ1) is 6.28. The van der Waals surface area contributed by atoms with Crippen molar-refractivity contribution in [2.75, 3.05) is 19.8 Å². The summed E-state index contributed by atoms with van der Waals surface area (Å²) in [6.07, 6.45) is 1.93. The van der Waals surface area contributed by atoms with E-state index in [1.807, 2.05) is 6.07 Å². The number of nitrogens with one attached hydrogen (secondary N) is 1. The summed E-state index contributed by atoms with van der Waals surface area (Å²) in [7, 11) is 0. The van der Waals surface area contributed by atoms with Crippen LogP contribution in [0.1, 0.15) is 12.8 Å². The van der Waals surface area contributed by atoms with E-state index in [1.165, 1.54) is 0 Å². The third-order valence-corrected chi connectivity index (χ3v) is 2.98. The van der Waals surface area contributed by atoms with Crippen molar-refractivity contribution in [3.05, 3.63) is 0 Å². The second-order valence-corrected chi connectivity index (χ2v) is 3.80. The molecule has 2 fully saturated rings. The van der Waals surface area contributed by atoms with Crippen molar-refractivity contribution in [1.82, 2.24) is 5.32 Å². The molecule has 1 aliphatic carbocycles. The fraction of sp³-hybridized carbons (Fsp3) is 0.778. The van der Waals surface area contributed by atoms with E-state index in [0.717, 1.165) is 26.1 Å². The molecule has 1 aliphatic heterocycles. The van der Waals surface area contributed by atoms with Crippen LogP contribution in [0.3, 0.4) is 0 Å². The van der Waals surface area contributed by atoms with Crippen LogP contribution in [0, 0.1) is 22.7 Å². The van der Waals surface area contributed by atoms with Crippen LogP contribution in [0.25, 0.3) is 0 Å². The molecule has 1 saturated carbocycles. The molecule has 1 saturated heterocycles. The molecule has 2 aliphatic rings. The minimum atomic E-state index is 0.0204. The first-order valence-electron chi connectivity index (χ1n) is 4.51. The van der Waals surface area contributed by atoms with Gasteiger partial charge in [-0.3, -0.25) is 4.79 Å². The highest BCUT2D eigenvalue weighted by molar-refractivity contribution is 5.82. The fourth-order valence-corrected chi connectivity index (χ4v) is 2.03. The van der Waals surface area contributed by atoms with E-state index in [2.05, 4.69) is 5.32 Å². The Labute approximate surface area is 76.9 Å². The minimum absolute atomic E-state index is 0.0204. The lowest BCUT2D eigenvalue weighted by Gasteiger charge is -2.04. The van der Waals surface area contributed by atoms with Gasteiger partial charge in [-0.2, -0.15) is 5.26 Å². The molecule has 1 N–H and O–H groups in total. The minimum Gasteiger partial charge on any atom is -0.381 e. The van der Waals surface area contributed by atoms with Gasteiger partial charge in [0.2, 0.25) is 5.91 Å². The Bertz CT molecular complexity index is 263. The molecule has 4 heteroatoms. The third kappa shape index (κ3) is 1.40. The van der Waals surface area contributed by atoms with Crippen LogP contribution in [0.4, 0.5) is 0 Å². The average molecular weight is 180 g/mol. The predicted molar refractivity (Wildman–Crippen MR) is 44.6 cm³/mol. The van der Waals surface area contributed by atoms with Crippen LogP contribution < -0.4 is 5.32 Å². The highest BCUT2D eigenvalue weighted by Gasteiger charge is 2.59. The van der Waals surface area contributed by atoms with Crippen molar-refractivity contribution in [2.45, 2.75) is 12.8 Å². The van der Waals surface area contributed by atoms with Gasteiger partial charge >= 0.3 is 0 Å². The third-order valence-electron chi connectivity index (χ3n) is 2.98. The molecule has 2 rings (SSSR count). The van der Waals surface area contributed by atoms with Gasteiger partial charge in [-0.1, -0.05) is 0 Å². The Kier molecular flexibility index (Phi) is 1.97. The summed E-state index contributed by atoms with van der Waals surface area (Å²) < 4.78 is 5.26. The number of nitriles is 1. The second-order valence-electron chi connectivity index (χ2n) is 3.80. The summed E-state index contributed by atoms with van der Waals surface area (Å²) in [5.41, 5.74) is 0.138. The molecule has 1 spiro atoms. The van der Waals surface area contributed by atoms with Gasteiger partial charge in [0.25, 0.3) is 0 Å². The maximum absolute atomic E-state index is 11.4. The van der Waals surface area contributed by atoms with Gasteiger partial charge < -0.3 is 10.1 Å². The first-order valence-corrected chi connectivity index (χ1v) is 4.51. The number of ether oxygens (including phenoxy) is 1. The van der Waals surface area contributed by atoms with E-state index in [1.54, 1.807) is 0 Å². The van der Waals surface area contributed by atoms with E-state index < -0.39 is 0 Å². The lowest BCUT2D eigenvalue weighted by Crippen LogP contribution is -2.27. The maximum Gasteiger partial charge on any atom is 0.224 e. The van der Waals surface area contributed by atoms with E-state index in [9.17, 15) is 4.79 Å². The van der Waals surface area contributed by atoms with Crippen LogP contribution in [-0.4, -0.2) is 25.7 Å². The van der Waals surface area contributed by atoms with Gasteiger partial charge in [0, 0.05) is 17.9 Å². The van der Waals surface area contributed by atoms with Crippen LogP contribution in [-0.2, 0) is 9.53 Å². The molecule has 0 aromatic carbocycles. The standard InChI is InChI=1S/C9H12N2O2/c10-2-3-11-8(12)7-5-9(7)1-4-13-6-9/h7H,1,3-6H2,(H,11,12). The second kappa shape index (κ2) is 3.00. The summed E-state index contributed by atoms with van der Waals surface area (Å²) in [6, 6.07) is 1.90. The van der Waals surface area contributed by atoms with E-state index in [-0.39, 0.29) is 23.8 Å². The van der Waals surface area contributed by atoms with Gasteiger partial charge in [-0.25, -0.2) is 0 Å². The molecule has 4 nitrogen and oxygen atoms in total. The maximum atomic E-state index is 11.4. The number of hydrogen-bond acceptors (Lipinski definition) is 3. The highest BCUT2D eigenvalue weighted by Crippen LogP contribution is 2.57. The number of rotatable bonds is 2. The molecule has 70 valence electrons. The van der Waals surface area contributed by atoms with E-state index >= 15 is 0 Å². The Hall–Kier alpha value is -1.08. The smallest absolute Gasteiger partial charge is 0.224 e. The number of amides is 1. The van der Waals surface area contributed by atoms with Gasteiger partial charge in [0.05, 0.1) is 12.7 Å². The zero-order valence-electron chi connectivity index (χ0n) is 7.38. The molecule has 0 aromatic rings. The number of nitrogens with zero attached hydrogens (tertiary/aromatic N) is 1. The van der Waals surface area contributed by atoms with Crippen LogP contribution >= 0.6 is 0 Å². The molecule has 1 amide bonds.